The first-order chi connectivity index (χ1) is 9.83. The predicted molar refractivity (Wildman–Crippen MR) is 84.0 cm³/mol. The number of hydrogen-bond acceptors (Lipinski definition) is 4. The number of benzene rings is 1. The number of nitrogens with zero attached hydrogens (tertiary/aromatic N) is 3. The van der Waals surface area contributed by atoms with Crippen LogP contribution in [0.2, 0.25) is 0 Å². The van der Waals surface area contributed by atoms with Gasteiger partial charge in [-0.1, -0.05) is 42.1 Å². The molecule has 0 fully saturated rings. The third kappa shape index (κ3) is 3.04. The molecular formula is C15H18N4S. The van der Waals surface area contributed by atoms with Crippen LogP contribution >= 0.6 is 11.8 Å². The maximum atomic E-state index is 4.58. The second kappa shape index (κ2) is 6.13. The van der Waals surface area contributed by atoms with Gasteiger partial charge in [0.05, 0.1) is 11.8 Å². The van der Waals surface area contributed by atoms with E-state index in [2.05, 4.69) is 51.8 Å². The minimum absolute atomic E-state index is 0.454. The van der Waals surface area contributed by atoms with Crippen molar-refractivity contribution in [3.63, 3.8) is 0 Å². The lowest BCUT2D eigenvalue weighted by molar-refractivity contribution is 0.696. The lowest BCUT2D eigenvalue weighted by atomic mass is 10.1. The van der Waals surface area contributed by atoms with Crippen LogP contribution in [0.1, 0.15) is 16.5 Å². The van der Waals surface area contributed by atoms with Crippen LogP contribution in [0.4, 0.5) is 0 Å². The minimum Gasteiger partial charge on any atom is -0.365 e. The molecular weight excluding hydrogens is 268 g/mol. The fraction of sp³-hybridized carbons (Fsp3) is 0.333. The van der Waals surface area contributed by atoms with Crippen molar-refractivity contribution >= 4 is 16.9 Å². The average Bonchev–Trinajstić information content (AvgIpc) is 3.10. The van der Waals surface area contributed by atoms with Crippen molar-refractivity contribution < 1.29 is 0 Å². The number of aliphatic imine (C=N–C) groups is 1. The van der Waals surface area contributed by atoms with Gasteiger partial charge in [0.2, 0.25) is 0 Å². The van der Waals surface area contributed by atoms with Crippen molar-refractivity contribution in [2.75, 3.05) is 13.1 Å². The summed E-state index contributed by atoms with van der Waals surface area (Å²) in [7, 11) is 1.97. The molecule has 1 aromatic heterocycles. The van der Waals surface area contributed by atoms with Crippen LogP contribution in [-0.4, -0.2) is 28.0 Å². The Hall–Kier alpha value is -1.75. The second-order valence-electron chi connectivity index (χ2n) is 4.79. The molecule has 20 heavy (non-hydrogen) atoms. The van der Waals surface area contributed by atoms with Gasteiger partial charge in [-0.3, -0.25) is 9.67 Å². The van der Waals surface area contributed by atoms with Gasteiger partial charge in [0.25, 0.3) is 0 Å². The maximum absolute atomic E-state index is 4.58. The number of amidine groups is 1. The van der Waals surface area contributed by atoms with Crippen LogP contribution < -0.4 is 5.32 Å². The molecule has 0 radical (unpaired) electrons. The number of aryl methyl sites for hydroxylation is 1. The molecule has 0 spiro atoms. The van der Waals surface area contributed by atoms with Gasteiger partial charge < -0.3 is 5.32 Å². The molecule has 1 N–H and O–H groups in total. The summed E-state index contributed by atoms with van der Waals surface area (Å²) < 4.78 is 1.91. The van der Waals surface area contributed by atoms with Crippen LogP contribution in [0.5, 0.6) is 0 Å². The van der Waals surface area contributed by atoms with Gasteiger partial charge in [-0.15, -0.1) is 0 Å². The van der Waals surface area contributed by atoms with Gasteiger partial charge in [-0.05, 0) is 11.6 Å². The zero-order chi connectivity index (χ0) is 13.8. The van der Waals surface area contributed by atoms with Crippen molar-refractivity contribution in [2.24, 2.45) is 12.0 Å². The van der Waals surface area contributed by atoms with E-state index in [4.69, 9.17) is 0 Å². The van der Waals surface area contributed by atoms with Gasteiger partial charge in [-0.25, -0.2) is 0 Å². The highest BCUT2D eigenvalue weighted by Crippen LogP contribution is 2.33. The minimum atomic E-state index is 0.454. The first-order valence-electron chi connectivity index (χ1n) is 6.80. The van der Waals surface area contributed by atoms with Crippen molar-refractivity contribution in [2.45, 2.75) is 11.7 Å². The molecule has 2 aromatic rings. The Morgan fingerprint density at radius 2 is 2.15 bits per heavy atom. The number of thioether (sulfide) groups is 1. The van der Waals surface area contributed by atoms with Crippen LogP contribution in [-0.2, 0) is 13.5 Å². The van der Waals surface area contributed by atoms with Crippen molar-refractivity contribution in [1.29, 1.82) is 0 Å². The highest BCUT2D eigenvalue weighted by Gasteiger charge is 2.20. The van der Waals surface area contributed by atoms with E-state index in [9.17, 15) is 0 Å². The normalized spacial score (nSPS) is 18.1. The maximum Gasteiger partial charge on any atom is 0.157 e. The van der Waals surface area contributed by atoms with Crippen LogP contribution in [0.15, 0.2) is 47.6 Å². The Morgan fingerprint density at radius 3 is 2.90 bits per heavy atom. The molecule has 104 valence electrons. The zero-order valence-electron chi connectivity index (χ0n) is 11.5. The van der Waals surface area contributed by atoms with Gasteiger partial charge in [-0.2, -0.15) is 5.10 Å². The molecule has 2 heterocycles. The second-order valence-corrected chi connectivity index (χ2v) is 5.98. The zero-order valence-corrected chi connectivity index (χ0v) is 12.3. The Balaban J connectivity index is 1.47. The van der Waals surface area contributed by atoms with E-state index >= 15 is 0 Å². The predicted octanol–water partition coefficient (Wildman–Crippen LogP) is 2.40. The Morgan fingerprint density at radius 1 is 1.30 bits per heavy atom. The molecule has 1 aromatic carbocycles. The van der Waals surface area contributed by atoms with Crippen LogP contribution in [0.25, 0.3) is 0 Å². The Bertz CT molecular complexity index is 591. The van der Waals surface area contributed by atoms with Gasteiger partial charge in [0, 0.05) is 31.9 Å². The first kappa shape index (κ1) is 13.2. The topological polar surface area (TPSA) is 42.2 Å². The van der Waals surface area contributed by atoms with E-state index in [0.717, 1.165) is 24.7 Å². The van der Waals surface area contributed by atoms with E-state index in [0.29, 0.717) is 5.25 Å². The molecule has 1 aliphatic heterocycles. The average molecular weight is 286 g/mol. The summed E-state index contributed by atoms with van der Waals surface area (Å²) in [6.07, 6.45) is 2.80. The van der Waals surface area contributed by atoms with Crippen LogP contribution in [0.3, 0.4) is 0 Å². The number of nitrogens with one attached hydrogen (secondary N) is 1. The van der Waals surface area contributed by atoms with E-state index in [1.54, 1.807) is 0 Å². The summed E-state index contributed by atoms with van der Waals surface area (Å²) >= 11 is 1.82. The summed E-state index contributed by atoms with van der Waals surface area (Å²) in [6.45, 7) is 1.76. The number of hydrogen-bond donors (Lipinski definition) is 1. The summed E-state index contributed by atoms with van der Waals surface area (Å²) in [5, 5.41) is 9.10. The third-order valence-electron chi connectivity index (χ3n) is 3.41. The van der Waals surface area contributed by atoms with Gasteiger partial charge >= 0.3 is 0 Å². The molecule has 0 amide bonds. The fourth-order valence-corrected chi connectivity index (χ4v) is 3.30. The molecule has 1 aliphatic rings. The summed E-state index contributed by atoms with van der Waals surface area (Å²) in [4.78, 5) is 4.58. The first-order valence-corrected chi connectivity index (χ1v) is 7.68. The standard InChI is InChI=1S/C15H18N4S/c1-19-13(8-10-18-19)7-9-16-15-17-11-14(20-15)12-5-3-2-4-6-12/h2-6,8,10,14H,7,9,11H2,1H3,(H,16,17). The molecule has 5 heteroatoms. The highest BCUT2D eigenvalue weighted by atomic mass is 32.2. The largest absolute Gasteiger partial charge is 0.365 e. The molecule has 3 rings (SSSR count). The number of aromatic nitrogens is 2. The Labute approximate surface area is 123 Å². The Kier molecular flexibility index (Phi) is 4.06. The van der Waals surface area contributed by atoms with Crippen molar-refractivity contribution in [3.8, 4) is 0 Å². The summed E-state index contributed by atoms with van der Waals surface area (Å²) in [5.41, 5.74) is 2.59. The third-order valence-corrected chi connectivity index (χ3v) is 4.61. The smallest absolute Gasteiger partial charge is 0.157 e. The molecule has 0 saturated carbocycles. The lowest BCUT2D eigenvalue weighted by Crippen LogP contribution is -2.22. The summed E-state index contributed by atoms with van der Waals surface area (Å²) in [6, 6.07) is 12.6. The van der Waals surface area contributed by atoms with Crippen LogP contribution in [0, 0.1) is 0 Å². The molecule has 1 unspecified atom stereocenters. The van der Waals surface area contributed by atoms with Crippen molar-refractivity contribution in [3.05, 3.63) is 53.9 Å². The molecule has 0 bridgehead atoms. The van der Waals surface area contributed by atoms with E-state index in [-0.39, 0.29) is 0 Å². The van der Waals surface area contributed by atoms with E-state index < -0.39 is 0 Å². The fourth-order valence-electron chi connectivity index (χ4n) is 2.26. The van der Waals surface area contributed by atoms with Gasteiger partial charge in [0.15, 0.2) is 5.17 Å². The monoisotopic (exact) mass is 286 g/mol. The summed E-state index contributed by atoms with van der Waals surface area (Å²) in [5.74, 6) is 0. The quantitative estimate of drug-likeness (QED) is 0.938. The molecule has 4 nitrogen and oxygen atoms in total. The molecule has 0 aliphatic carbocycles. The highest BCUT2D eigenvalue weighted by molar-refractivity contribution is 8.14. The molecule has 1 atom stereocenters. The van der Waals surface area contributed by atoms with E-state index in [1.165, 1.54) is 11.3 Å². The van der Waals surface area contributed by atoms with E-state index in [1.807, 2.05) is 29.7 Å². The van der Waals surface area contributed by atoms with Crippen molar-refractivity contribution in [1.82, 2.24) is 15.1 Å². The molecule has 0 saturated heterocycles. The lowest BCUT2D eigenvalue weighted by Gasteiger charge is -2.09. The van der Waals surface area contributed by atoms with Gasteiger partial charge in [0.1, 0.15) is 0 Å². The SMILES string of the molecule is Cn1nccc1CCNC1=NCC(c2ccccc2)S1. The number of rotatable bonds is 4.